The van der Waals surface area contributed by atoms with Gasteiger partial charge >= 0.3 is 0 Å². The summed E-state index contributed by atoms with van der Waals surface area (Å²) in [5, 5.41) is 3.34. The van der Waals surface area contributed by atoms with Crippen LogP contribution in [0.4, 0.5) is 0 Å². The van der Waals surface area contributed by atoms with Crippen LogP contribution in [0.5, 0.6) is 5.75 Å². The van der Waals surface area contributed by atoms with Crippen LogP contribution in [0.25, 0.3) is 0 Å². The van der Waals surface area contributed by atoms with E-state index in [2.05, 4.69) is 41.2 Å². The number of hydrogen-bond acceptors (Lipinski definition) is 3. The van der Waals surface area contributed by atoms with Gasteiger partial charge in [0.15, 0.2) is 0 Å². The summed E-state index contributed by atoms with van der Waals surface area (Å²) in [7, 11) is 0. The van der Waals surface area contributed by atoms with Crippen molar-refractivity contribution in [2.45, 2.75) is 40.0 Å². The number of para-hydroxylation sites is 1. The second-order valence-corrected chi connectivity index (χ2v) is 5.90. The number of halogens is 1. The zero-order chi connectivity index (χ0) is 14.5. The highest BCUT2D eigenvalue weighted by Gasteiger charge is 2.09. The van der Waals surface area contributed by atoms with Crippen molar-refractivity contribution in [1.29, 1.82) is 0 Å². The first-order valence-corrected chi connectivity index (χ1v) is 7.54. The molecule has 1 N–H and O–H groups in total. The maximum Gasteiger partial charge on any atom is 0.133 e. The number of furan rings is 1. The molecule has 2 rings (SSSR count). The topological polar surface area (TPSA) is 34.4 Å². The molecule has 1 aromatic carbocycles. The fraction of sp³-hybridized carbons (Fsp3) is 0.375. The van der Waals surface area contributed by atoms with Gasteiger partial charge in [-0.05, 0) is 41.1 Å². The van der Waals surface area contributed by atoms with Crippen LogP contribution in [0.2, 0.25) is 0 Å². The van der Waals surface area contributed by atoms with E-state index in [4.69, 9.17) is 9.15 Å². The molecule has 0 aliphatic heterocycles. The molecule has 0 bridgehead atoms. The number of benzene rings is 1. The van der Waals surface area contributed by atoms with E-state index in [1.165, 1.54) is 0 Å². The van der Waals surface area contributed by atoms with E-state index >= 15 is 0 Å². The zero-order valence-electron chi connectivity index (χ0n) is 12.1. The Morgan fingerprint density at radius 1 is 1.30 bits per heavy atom. The van der Waals surface area contributed by atoms with Crippen molar-refractivity contribution in [2.75, 3.05) is 0 Å². The van der Waals surface area contributed by atoms with Crippen LogP contribution < -0.4 is 10.1 Å². The van der Waals surface area contributed by atoms with E-state index in [1.807, 2.05) is 31.2 Å². The third-order valence-corrected chi connectivity index (χ3v) is 3.63. The van der Waals surface area contributed by atoms with Crippen LogP contribution in [-0.4, -0.2) is 6.04 Å². The quantitative estimate of drug-likeness (QED) is 0.846. The van der Waals surface area contributed by atoms with Gasteiger partial charge in [0.25, 0.3) is 0 Å². The Morgan fingerprint density at radius 2 is 2.05 bits per heavy atom. The molecule has 3 nitrogen and oxygen atoms in total. The van der Waals surface area contributed by atoms with Crippen molar-refractivity contribution in [3.63, 3.8) is 0 Å². The summed E-state index contributed by atoms with van der Waals surface area (Å²) < 4.78 is 12.5. The van der Waals surface area contributed by atoms with Crippen molar-refractivity contribution in [1.82, 2.24) is 5.32 Å². The molecule has 20 heavy (non-hydrogen) atoms. The predicted molar refractivity (Wildman–Crippen MR) is 83.9 cm³/mol. The number of rotatable bonds is 6. The summed E-state index contributed by atoms with van der Waals surface area (Å²) in [5.74, 6) is 2.70. The Hall–Kier alpha value is -1.26. The third kappa shape index (κ3) is 4.12. The van der Waals surface area contributed by atoms with Crippen LogP contribution in [0.15, 0.2) is 39.2 Å². The lowest BCUT2D eigenvalue weighted by Crippen LogP contribution is -2.21. The van der Waals surface area contributed by atoms with Gasteiger partial charge in [0.1, 0.15) is 23.9 Å². The van der Waals surface area contributed by atoms with Crippen LogP contribution in [0.3, 0.4) is 0 Å². The molecule has 108 valence electrons. The summed E-state index contributed by atoms with van der Waals surface area (Å²) in [5.41, 5.74) is 1.08. The average molecular weight is 338 g/mol. The summed E-state index contributed by atoms with van der Waals surface area (Å²) in [6.07, 6.45) is 0. The number of nitrogens with one attached hydrogen (secondary N) is 1. The van der Waals surface area contributed by atoms with Crippen LogP contribution in [-0.2, 0) is 13.2 Å². The maximum absolute atomic E-state index is 5.82. The van der Waals surface area contributed by atoms with E-state index in [-0.39, 0.29) is 0 Å². The SMILES string of the molecule is Cc1oc(CNC(C)C)cc1COc1ccccc1Br. The lowest BCUT2D eigenvalue weighted by molar-refractivity contribution is 0.301. The Balaban J connectivity index is 1.98. The smallest absolute Gasteiger partial charge is 0.133 e. The molecule has 1 aromatic heterocycles. The van der Waals surface area contributed by atoms with Gasteiger partial charge in [-0.1, -0.05) is 26.0 Å². The predicted octanol–water partition coefficient (Wildman–Crippen LogP) is 4.43. The van der Waals surface area contributed by atoms with E-state index in [0.29, 0.717) is 12.6 Å². The van der Waals surface area contributed by atoms with Gasteiger partial charge in [-0.2, -0.15) is 0 Å². The Labute approximate surface area is 128 Å². The zero-order valence-corrected chi connectivity index (χ0v) is 13.7. The molecule has 1 heterocycles. The Kier molecular flexibility index (Phi) is 5.26. The molecule has 0 saturated carbocycles. The Morgan fingerprint density at radius 3 is 2.75 bits per heavy atom. The molecule has 0 radical (unpaired) electrons. The van der Waals surface area contributed by atoms with Gasteiger partial charge in [0.2, 0.25) is 0 Å². The third-order valence-electron chi connectivity index (χ3n) is 2.98. The summed E-state index contributed by atoms with van der Waals surface area (Å²) in [4.78, 5) is 0. The van der Waals surface area contributed by atoms with Crippen molar-refractivity contribution in [3.8, 4) is 5.75 Å². The van der Waals surface area contributed by atoms with Crippen LogP contribution >= 0.6 is 15.9 Å². The summed E-state index contributed by atoms with van der Waals surface area (Å²) in [6, 6.07) is 10.3. The fourth-order valence-electron chi connectivity index (χ4n) is 1.84. The molecule has 0 amide bonds. The number of aryl methyl sites for hydroxylation is 1. The fourth-order valence-corrected chi connectivity index (χ4v) is 2.24. The first kappa shape index (κ1) is 15.1. The number of hydrogen-bond donors (Lipinski definition) is 1. The first-order valence-electron chi connectivity index (χ1n) is 6.75. The van der Waals surface area contributed by atoms with Gasteiger partial charge < -0.3 is 14.5 Å². The summed E-state index contributed by atoms with van der Waals surface area (Å²) in [6.45, 7) is 7.46. The van der Waals surface area contributed by atoms with Crippen LogP contribution in [0, 0.1) is 6.92 Å². The lowest BCUT2D eigenvalue weighted by atomic mass is 10.2. The minimum atomic E-state index is 0.445. The molecule has 0 aliphatic rings. The summed E-state index contributed by atoms with van der Waals surface area (Å²) >= 11 is 3.48. The molecule has 0 unspecified atom stereocenters. The highest BCUT2D eigenvalue weighted by molar-refractivity contribution is 9.10. The molecule has 4 heteroatoms. The van der Waals surface area contributed by atoms with Crippen molar-refractivity contribution >= 4 is 15.9 Å². The van der Waals surface area contributed by atoms with Crippen molar-refractivity contribution in [2.24, 2.45) is 0 Å². The van der Waals surface area contributed by atoms with E-state index in [9.17, 15) is 0 Å². The lowest BCUT2D eigenvalue weighted by Gasteiger charge is -2.06. The van der Waals surface area contributed by atoms with E-state index in [1.54, 1.807) is 0 Å². The monoisotopic (exact) mass is 337 g/mol. The van der Waals surface area contributed by atoms with E-state index in [0.717, 1.165) is 33.9 Å². The first-order chi connectivity index (χ1) is 9.56. The van der Waals surface area contributed by atoms with Crippen LogP contribution in [0.1, 0.15) is 30.9 Å². The Bertz CT molecular complexity index is 563. The molecule has 0 spiro atoms. The van der Waals surface area contributed by atoms with Gasteiger partial charge in [0.05, 0.1) is 11.0 Å². The molecular weight excluding hydrogens is 318 g/mol. The normalized spacial score (nSPS) is 11.1. The second-order valence-electron chi connectivity index (χ2n) is 5.05. The largest absolute Gasteiger partial charge is 0.488 e. The number of ether oxygens (including phenoxy) is 1. The van der Waals surface area contributed by atoms with Crippen molar-refractivity contribution in [3.05, 3.63) is 51.9 Å². The molecule has 0 fully saturated rings. The van der Waals surface area contributed by atoms with Crippen molar-refractivity contribution < 1.29 is 9.15 Å². The molecule has 0 atom stereocenters. The highest BCUT2D eigenvalue weighted by Crippen LogP contribution is 2.25. The molecule has 0 aliphatic carbocycles. The minimum Gasteiger partial charge on any atom is -0.488 e. The maximum atomic E-state index is 5.82. The standard InChI is InChI=1S/C16H20BrNO2/c1-11(2)18-9-14-8-13(12(3)20-14)10-19-16-7-5-4-6-15(16)17/h4-8,11,18H,9-10H2,1-3H3. The molecule has 2 aromatic rings. The average Bonchev–Trinajstić information content (AvgIpc) is 2.76. The van der Waals surface area contributed by atoms with Gasteiger partial charge in [-0.15, -0.1) is 0 Å². The molecule has 0 saturated heterocycles. The minimum absolute atomic E-state index is 0.445. The highest BCUT2D eigenvalue weighted by atomic mass is 79.9. The molecular formula is C16H20BrNO2. The van der Waals surface area contributed by atoms with Gasteiger partial charge in [-0.25, -0.2) is 0 Å². The van der Waals surface area contributed by atoms with Gasteiger partial charge in [0, 0.05) is 11.6 Å². The second kappa shape index (κ2) is 6.95. The van der Waals surface area contributed by atoms with E-state index < -0.39 is 0 Å². The van der Waals surface area contributed by atoms with Gasteiger partial charge in [-0.3, -0.25) is 0 Å².